The number of rotatable bonds is 3. The Morgan fingerprint density at radius 2 is 2.06 bits per heavy atom. The van der Waals surface area contributed by atoms with E-state index in [9.17, 15) is 0 Å². The van der Waals surface area contributed by atoms with E-state index in [1.807, 2.05) is 43.5 Å². The Kier molecular flexibility index (Phi) is 4.07. The summed E-state index contributed by atoms with van der Waals surface area (Å²) in [6.07, 6.45) is 3.82. The zero-order valence-electron chi connectivity index (χ0n) is 9.61. The molecule has 0 saturated heterocycles. The molecule has 0 N–H and O–H groups in total. The number of para-hydroxylation sites is 1. The largest absolute Gasteiger partial charge is 0.437 e. The lowest BCUT2D eigenvalue weighted by atomic mass is 10.3. The van der Waals surface area contributed by atoms with Crippen LogP contribution in [0.4, 0.5) is 0 Å². The van der Waals surface area contributed by atoms with Crippen LogP contribution in [0.3, 0.4) is 0 Å². The Bertz CT molecular complexity index is 531. The molecule has 0 radical (unpaired) electrons. The Labute approximate surface area is 114 Å². The average molecular weight is 310 g/mol. The van der Waals surface area contributed by atoms with Gasteiger partial charge in [-0.05, 0) is 52.9 Å². The van der Waals surface area contributed by atoms with E-state index in [-0.39, 0.29) is 0 Å². The molecule has 1 aromatic carbocycles. The van der Waals surface area contributed by atoms with Crippen LogP contribution in [0.2, 0.25) is 0 Å². The molecule has 0 amide bonds. The maximum Gasteiger partial charge on any atom is 0.233 e. The Balaban J connectivity index is 2.31. The van der Waals surface area contributed by atoms with E-state index in [1.165, 1.54) is 0 Å². The van der Waals surface area contributed by atoms with E-state index in [4.69, 9.17) is 4.74 Å². The van der Waals surface area contributed by atoms with Crippen LogP contribution in [-0.4, -0.2) is 11.2 Å². The quantitative estimate of drug-likeness (QED) is 0.769. The molecule has 2 nitrogen and oxygen atoms in total. The molecule has 0 atom stereocenters. The number of halogens is 1. The highest BCUT2D eigenvalue weighted by Gasteiger charge is 2.07. The lowest BCUT2D eigenvalue weighted by Gasteiger charge is -2.09. The second-order valence-electron chi connectivity index (χ2n) is 3.55. The number of hydrogen-bond donors (Lipinski definition) is 0. The summed E-state index contributed by atoms with van der Waals surface area (Å²) < 4.78 is 6.68. The van der Waals surface area contributed by atoms with Gasteiger partial charge in [-0.3, -0.25) is 0 Å². The highest BCUT2D eigenvalue weighted by molar-refractivity contribution is 9.10. The van der Waals surface area contributed by atoms with Crippen molar-refractivity contribution in [2.75, 3.05) is 6.26 Å². The van der Waals surface area contributed by atoms with Gasteiger partial charge in [-0.15, -0.1) is 11.8 Å². The van der Waals surface area contributed by atoms with Crippen molar-refractivity contribution in [1.29, 1.82) is 0 Å². The van der Waals surface area contributed by atoms with Crippen molar-refractivity contribution in [1.82, 2.24) is 4.98 Å². The van der Waals surface area contributed by atoms with Gasteiger partial charge in [0.05, 0.1) is 4.47 Å². The summed E-state index contributed by atoms with van der Waals surface area (Å²) >= 11 is 5.11. The van der Waals surface area contributed by atoms with Crippen LogP contribution < -0.4 is 4.74 Å². The third-order valence-corrected chi connectivity index (χ3v) is 3.57. The zero-order valence-corrected chi connectivity index (χ0v) is 12.0. The van der Waals surface area contributed by atoms with Crippen LogP contribution in [0.25, 0.3) is 0 Å². The average Bonchev–Trinajstić information content (AvgIpc) is 2.33. The Morgan fingerprint density at radius 1 is 1.29 bits per heavy atom. The molecule has 0 fully saturated rings. The summed E-state index contributed by atoms with van der Waals surface area (Å²) in [5.41, 5.74) is 1.10. The van der Waals surface area contributed by atoms with Gasteiger partial charge in [0.25, 0.3) is 0 Å². The third kappa shape index (κ3) is 3.01. The maximum atomic E-state index is 5.81. The highest BCUT2D eigenvalue weighted by Crippen LogP contribution is 2.33. The molecule has 1 heterocycles. The smallest absolute Gasteiger partial charge is 0.233 e. The number of nitrogens with zero attached hydrogens (tertiary/aromatic N) is 1. The second kappa shape index (κ2) is 5.56. The molecule has 1 aromatic heterocycles. The van der Waals surface area contributed by atoms with Crippen LogP contribution in [-0.2, 0) is 0 Å². The molecule has 2 aromatic rings. The number of aryl methyl sites for hydroxylation is 1. The minimum absolute atomic E-state index is 0.595. The summed E-state index contributed by atoms with van der Waals surface area (Å²) in [6, 6.07) is 9.92. The van der Waals surface area contributed by atoms with Gasteiger partial charge >= 0.3 is 0 Å². The summed E-state index contributed by atoms with van der Waals surface area (Å²) in [5.74, 6) is 1.43. The minimum atomic E-state index is 0.595. The van der Waals surface area contributed by atoms with Gasteiger partial charge in [-0.1, -0.05) is 12.1 Å². The maximum absolute atomic E-state index is 5.81. The topological polar surface area (TPSA) is 22.1 Å². The summed E-state index contributed by atoms with van der Waals surface area (Å²) in [4.78, 5) is 5.37. The first-order valence-electron chi connectivity index (χ1n) is 5.13. The van der Waals surface area contributed by atoms with Gasteiger partial charge in [0.2, 0.25) is 5.88 Å². The number of hydrogen-bond acceptors (Lipinski definition) is 3. The van der Waals surface area contributed by atoms with Gasteiger partial charge in [-0.25, -0.2) is 4.98 Å². The minimum Gasteiger partial charge on any atom is -0.437 e. The van der Waals surface area contributed by atoms with Crippen molar-refractivity contribution in [2.24, 2.45) is 0 Å². The van der Waals surface area contributed by atoms with E-state index in [0.29, 0.717) is 5.88 Å². The first-order valence-corrected chi connectivity index (χ1v) is 7.15. The van der Waals surface area contributed by atoms with Gasteiger partial charge < -0.3 is 4.74 Å². The van der Waals surface area contributed by atoms with Crippen molar-refractivity contribution >= 4 is 27.7 Å². The second-order valence-corrected chi connectivity index (χ2v) is 5.25. The monoisotopic (exact) mass is 309 g/mol. The van der Waals surface area contributed by atoms with E-state index >= 15 is 0 Å². The van der Waals surface area contributed by atoms with Crippen LogP contribution in [0.1, 0.15) is 5.56 Å². The molecule has 88 valence electrons. The molecule has 0 unspecified atom stereocenters. The molecular weight excluding hydrogens is 298 g/mol. The lowest BCUT2D eigenvalue weighted by molar-refractivity contribution is 0.449. The first-order chi connectivity index (χ1) is 8.20. The Morgan fingerprint density at radius 3 is 2.76 bits per heavy atom. The van der Waals surface area contributed by atoms with Crippen molar-refractivity contribution in [3.8, 4) is 11.6 Å². The SMILES string of the molecule is CSc1ccccc1Oc1ncc(C)cc1Br. The van der Waals surface area contributed by atoms with Crippen molar-refractivity contribution in [3.05, 3.63) is 46.6 Å². The molecule has 0 aliphatic carbocycles. The number of ether oxygens (including phenoxy) is 1. The summed E-state index contributed by atoms with van der Waals surface area (Å²) in [6.45, 7) is 2.00. The highest BCUT2D eigenvalue weighted by atomic mass is 79.9. The number of thioether (sulfide) groups is 1. The van der Waals surface area contributed by atoms with Gasteiger partial charge in [0.15, 0.2) is 0 Å². The van der Waals surface area contributed by atoms with Gasteiger partial charge in [0, 0.05) is 11.1 Å². The molecule has 2 rings (SSSR count). The van der Waals surface area contributed by atoms with E-state index < -0.39 is 0 Å². The van der Waals surface area contributed by atoms with Crippen LogP contribution in [0, 0.1) is 6.92 Å². The van der Waals surface area contributed by atoms with Crippen LogP contribution in [0.15, 0.2) is 45.9 Å². The van der Waals surface area contributed by atoms with Crippen molar-refractivity contribution in [2.45, 2.75) is 11.8 Å². The fraction of sp³-hybridized carbons (Fsp3) is 0.154. The Hall–Kier alpha value is -1.00. The predicted octanol–water partition coefficient (Wildman–Crippen LogP) is 4.67. The molecule has 0 bridgehead atoms. The van der Waals surface area contributed by atoms with Crippen LogP contribution >= 0.6 is 27.7 Å². The number of aromatic nitrogens is 1. The fourth-order valence-corrected chi connectivity index (χ4v) is 2.47. The first kappa shape index (κ1) is 12.5. The van der Waals surface area contributed by atoms with Gasteiger partial charge in [-0.2, -0.15) is 0 Å². The molecular formula is C13H12BrNOS. The van der Waals surface area contributed by atoms with Crippen LogP contribution in [0.5, 0.6) is 11.6 Å². The van der Waals surface area contributed by atoms with Crippen molar-refractivity contribution < 1.29 is 4.74 Å². The third-order valence-electron chi connectivity index (χ3n) is 2.22. The molecule has 0 aliphatic heterocycles. The number of benzene rings is 1. The van der Waals surface area contributed by atoms with E-state index in [2.05, 4.69) is 20.9 Å². The standard InChI is InChI=1S/C13H12BrNOS/c1-9-7-10(14)13(15-8-9)16-11-5-3-4-6-12(11)17-2/h3-8H,1-2H3. The summed E-state index contributed by atoms with van der Waals surface area (Å²) in [5, 5.41) is 0. The van der Waals surface area contributed by atoms with Gasteiger partial charge in [0.1, 0.15) is 5.75 Å². The van der Waals surface area contributed by atoms with Crippen molar-refractivity contribution in [3.63, 3.8) is 0 Å². The molecule has 0 aliphatic rings. The molecule has 17 heavy (non-hydrogen) atoms. The van der Waals surface area contributed by atoms with E-state index in [1.54, 1.807) is 18.0 Å². The predicted molar refractivity (Wildman–Crippen MR) is 75.0 cm³/mol. The lowest BCUT2D eigenvalue weighted by Crippen LogP contribution is -1.91. The zero-order chi connectivity index (χ0) is 12.3. The molecule has 0 spiro atoms. The molecule has 4 heteroatoms. The molecule has 0 saturated carbocycles. The number of pyridine rings is 1. The summed E-state index contributed by atoms with van der Waals surface area (Å²) in [7, 11) is 0. The normalized spacial score (nSPS) is 10.3. The van der Waals surface area contributed by atoms with E-state index in [0.717, 1.165) is 20.7 Å². The fourth-order valence-electron chi connectivity index (χ4n) is 1.40.